The SMILES string of the molecule is Cc1cc(=O)n2c(n1)NC(=NCCN1CCCCC1)NC2c1ccccc1. The molecule has 142 valence electrons. The average Bonchev–Trinajstić information content (AvgIpc) is 2.68. The van der Waals surface area contributed by atoms with E-state index in [1.807, 2.05) is 37.3 Å². The second-order valence-corrected chi connectivity index (χ2v) is 7.14. The van der Waals surface area contributed by atoms with Gasteiger partial charge in [-0.15, -0.1) is 0 Å². The molecule has 2 aliphatic rings. The van der Waals surface area contributed by atoms with Crippen molar-refractivity contribution in [2.45, 2.75) is 32.4 Å². The number of nitrogens with one attached hydrogen (secondary N) is 2. The first-order chi connectivity index (χ1) is 13.2. The predicted octanol–water partition coefficient (Wildman–Crippen LogP) is 1.96. The summed E-state index contributed by atoms with van der Waals surface area (Å²) in [6.07, 6.45) is 3.58. The molecule has 7 nitrogen and oxygen atoms in total. The van der Waals surface area contributed by atoms with Gasteiger partial charge in [-0.25, -0.2) is 4.98 Å². The molecular formula is C20H26N6O. The summed E-state index contributed by atoms with van der Waals surface area (Å²) in [7, 11) is 0. The van der Waals surface area contributed by atoms with Crippen LogP contribution in [0.2, 0.25) is 0 Å². The summed E-state index contributed by atoms with van der Waals surface area (Å²) in [6.45, 7) is 5.83. The fourth-order valence-electron chi connectivity index (χ4n) is 3.72. The zero-order valence-electron chi connectivity index (χ0n) is 15.7. The topological polar surface area (TPSA) is 74.5 Å². The summed E-state index contributed by atoms with van der Waals surface area (Å²) >= 11 is 0. The Balaban J connectivity index is 1.58. The molecule has 0 spiro atoms. The Kier molecular flexibility index (Phi) is 5.20. The van der Waals surface area contributed by atoms with E-state index in [1.54, 1.807) is 10.6 Å². The Hall–Kier alpha value is -2.67. The van der Waals surface area contributed by atoms with Crippen molar-refractivity contribution >= 4 is 11.9 Å². The lowest BCUT2D eigenvalue weighted by atomic mass is 10.1. The van der Waals surface area contributed by atoms with Crippen molar-refractivity contribution in [1.29, 1.82) is 0 Å². The van der Waals surface area contributed by atoms with Gasteiger partial charge in [-0.3, -0.25) is 19.7 Å². The van der Waals surface area contributed by atoms with Crippen molar-refractivity contribution in [3.63, 3.8) is 0 Å². The minimum absolute atomic E-state index is 0.0845. The number of nitrogens with zero attached hydrogens (tertiary/aromatic N) is 4. The lowest BCUT2D eigenvalue weighted by Gasteiger charge is -2.31. The maximum atomic E-state index is 12.6. The standard InChI is InChI=1S/C20H26N6O/c1-15-14-17(27)26-18(16-8-4-2-5-9-16)23-19(24-20(26)22-15)21-10-13-25-11-6-3-7-12-25/h2,4-5,8-9,14,18H,3,6-7,10-13H2,1H3,(H2,21,22,23,24). The fourth-order valence-corrected chi connectivity index (χ4v) is 3.72. The summed E-state index contributed by atoms with van der Waals surface area (Å²) in [5.74, 6) is 1.20. The van der Waals surface area contributed by atoms with Crippen LogP contribution in [-0.2, 0) is 0 Å². The van der Waals surface area contributed by atoms with E-state index in [-0.39, 0.29) is 11.7 Å². The van der Waals surface area contributed by atoms with E-state index in [0.717, 1.165) is 25.2 Å². The van der Waals surface area contributed by atoms with Crippen molar-refractivity contribution < 1.29 is 0 Å². The maximum absolute atomic E-state index is 12.6. The van der Waals surface area contributed by atoms with Crippen molar-refractivity contribution in [3.8, 4) is 0 Å². The van der Waals surface area contributed by atoms with E-state index in [2.05, 4.69) is 20.5 Å². The van der Waals surface area contributed by atoms with Crippen LogP contribution in [-0.4, -0.2) is 46.6 Å². The number of hydrogen-bond acceptors (Lipinski definition) is 4. The minimum atomic E-state index is -0.322. The number of anilines is 1. The highest BCUT2D eigenvalue weighted by Gasteiger charge is 2.26. The second-order valence-electron chi connectivity index (χ2n) is 7.14. The molecular weight excluding hydrogens is 340 g/mol. The Labute approximate surface area is 159 Å². The number of fused-ring (bicyclic) bond motifs is 1. The van der Waals surface area contributed by atoms with Gasteiger partial charge in [0, 0.05) is 18.3 Å². The quantitative estimate of drug-likeness (QED) is 0.865. The number of aryl methyl sites for hydroxylation is 1. The van der Waals surface area contributed by atoms with Crippen LogP contribution in [0.3, 0.4) is 0 Å². The summed E-state index contributed by atoms with van der Waals surface area (Å²) in [5.41, 5.74) is 1.61. The molecule has 2 aliphatic heterocycles. The molecule has 0 radical (unpaired) electrons. The molecule has 1 fully saturated rings. The molecule has 0 aliphatic carbocycles. The van der Waals surface area contributed by atoms with Gasteiger partial charge in [-0.1, -0.05) is 36.8 Å². The van der Waals surface area contributed by atoms with Gasteiger partial charge in [-0.2, -0.15) is 0 Å². The maximum Gasteiger partial charge on any atom is 0.257 e. The van der Waals surface area contributed by atoms with Crippen molar-refractivity contribution in [2.75, 3.05) is 31.5 Å². The number of benzene rings is 1. The van der Waals surface area contributed by atoms with Gasteiger partial charge < -0.3 is 10.2 Å². The average molecular weight is 366 g/mol. The number of hydrogen-bond donors (Lipinski definition) is 2. The van der Waals surface area contributed by atoms with Crippen molar-refractivity contribution in [1.82, 2.24) is 19.8 Å². The largest absolute Gasteiger partial charge is 0.331 e. The number of aromatic nitrogens is 2. The molecule has 7 heteroatoms. The van der Waals surface area contributed by atoms with E-state index >= 15 is 0 Å². The summed E-state index contributed by atoms with van der Waals surface area (Å²) in [4.78, 5) is 24.3. The molecule has 3 heterocycles. The number of aliphatic imine (C=N–C) groups is 1. The number of guanidine groups is 1. The van der Waals surface area contributed by atoms with Gasteiger partial charge in [-0.05, 0) is 38.4 Å². The van der Waals surface area contributed by atoms with Crippen LogP contribution in [0.5, 0.6) is 0 Å². The van der Waals surface area contributed by atoms with E-state index < -0.39 is 0 Å². The molecule has 4 rings (SSSR count). The Bertz CT molecular complexity index is 870. The van der Waals surface area contributed by atoms with Crippen LogP contribution in [0.4, 0.5) is 5.95 Å². The number of likely N-dealkylation sites (tertiary alicyclic amines) is 1. The highest BCUT2D eigenvalue weighted by atomic mass is 16.1. The summed E-state index contributed by atoms with van der Waals surface area (Å²) < 4.78 is 1.64. The smallest absolute Gasteiger partial charge is 0.257 e. The molecule has 0 amide bonds. The van der Waals surface area contributed by atoms with Crippen LogP contribution < -0.4 is 16.2 Å². The second kappa shape index (κ2) is 7.92. The van der Waals surface area contributed by atoms with Crippen LogP contribution in [0.15, 0.2) is 46.2 Å². The molecule has 0 bridgehead atoms. The summed E-state index contributed by atoms with van der Waals surface area (Å²) in [5, 5.41) is 6.56. The van der Waals surface area contributed by atoms with Gasteiger partial charge in [0.2, 0.25) is 5.95 Å². The van der Waals surface area contributed by atoms with Crippen molar-refractivity contribution in [2.24, 2.45) is 4.99 Å². The van der Waals surface area contributed by atoms with Gasteiger partial charge in [0.1, 0.15) is 6.17 Å². The highest BCUT2D eigenvalue weighted by Crippen LogP contribution is 2.21. The third-order valence-corrected chi connectivity index (χ3v) is 5.09. The molecule has 1 saturated heterocycles. The number of piperidine rings is 1. The van der Waals surface area contributed by atoms with E-state index in [4.69, 9.17) is 4.99 Å². The third kappa shape index (κ3) is 4.03. The predicted molar refractivity (Wildman–Crippen MR) is 107 cm³/mol. The zero-order valence-corrected chi connectivity index (χ0v) is 15.7. The zero-order chi connectivity index (χ0) is 18.6. The lowest BCUT2D eigenvalue weighted by molar-refractivity contribution is 0.235. The Morgan fingerprint density at radius 3 is 2.74 bits per heavy atom. The van der Waals surface area contributed by atoms with Gasteiger partial charge in [0.25, 0.3) is 5.56 Å². The van der Waals surface area contributed by atoms with Gasteiger partial charge in [0.05, 0.1) is 6.54 Å². The van der Waals surface area contributed by atoms with Crippen LogP contribution in [0.1, 0.15) is 36.7 Å². The fraction of sp³-hybridized carbons (Fsp3) is 0.450. The molecule has 1 aromatic heterocycles. The molecule has 1 atom stereocenters. The molecule has 1 aromatic carbocycles. The monoisotopic (exact) mass is 366 g/mol. The molecule has 2 aromatic rings. The first kappa shape index (κ1) is 17.7. The molecule has 0 saturated carbocycles. The van der Waals surface area contributed by atoms with Gasteiger partial charge >= 0.3 is 0 Å². The van der Waals surface area contributed by atoms with E-state index in [9.17, 15) is 4.79 Å². The first-order valence-corrected chi connectivity index (χ1v) is 9.66. The van der Waals surface area contributed by atoms with E-state index in [1.165, 1.54) is 19.3 Å². The Morgan fingerprint density at radius 1 is 1.19 bits per heavy atom. The third-order valence-electron chi connectivity index (χ3n) is 5.09. The highest BCUT2D eigenvalue weighted by molar-refractivity contribution is 5.93. The van der Waals surface area contributed by atoms with Crippen molar-refractivity contribution in [3.05, 3.63) is 58.0 Å². The van der Waals surface area contributed by atoms with Crippen LogP contribution in [0, 0.1) is 6.92 Å². The summed E-state index contributed by atoms with van der Waals surface area (Å²) in [6, 6.07) is 11.5. The normalized spacial score (nSPS) is 21.4. The lowest BCUT2D eigenvalue weighted by Crippen LogP contribution is -2.48. The molecule has 1 unspecified atom stereocenters. The minimum Gasteiger partial charge on any atom is -0.331 e. The van der Waals surface area contributed by atoms with E-state index in [0.29, 0.717) is 24.1 Å². The Morgan fingerprint density at radius 2 is 1.96 bits per heavy atom. The molecule has 2 N–H and O–H groups in total. The van der Waals surface area contributed by atoms with Gasteiger partial charge in [0.15, 0.2) is 5.96 Å². The number of rotatable bonds is 4. The first-order valence-electron chi connectivity index (χ1n) is 9.66. The van der Waals surface area contributed by atoms with Crippen LogP contribution >= 0.6 is 0 Å². The van der Waals surface area contributed by atoms with Crippen LogP contribution in [0.25, 0.3) is 0 Å². The molecule has 27 heavy (non-hydrogen) atoms.